The first-order valence-electron chi connectivity index (χ1n) is 5.95. The summed E-state index contributed by atoms with van der Waals surface area (Å²) in [5.41, 5.74) is 0.231. The molecule has 2 aromatic rings. The van der Waals surface area contributed by atoms with Gasteiger partial charge in [-0.2, -0.15) is 0 Å². The summed E-state index contributed by atoms with van der Waals surface area (Å²) in [6.45, 7) is 5.47. The number of nitrogens with one attached hydrogen (secondary N) is 2. The smallest absolute Gasteiger partial charge is 0.231 e. The number of hydrogen-bond donors (Lipinski definition) is 2. The number of amides is 1. The van der Waals surface area contributed by atoms with Crippen molar-refractivity contribution in [2.75, 3.05) is 5.32 Å². The quantitative estimate of drug-likeness (QED) is 0.782. The molecule has 4 nitrogen and oxygen atoms in total. The molecule has 0 radical (unpaired) electrons. The van der Waals surface area contributed by atoms with Crippen molar-refractivity contribution in [1.82, 2.24) is 10.3 Å². The summed E-state index contributed by atoms with van der Waals surface area (Å²) in [4.78, 5) is 16.2. The molecule has 1 heterocycles. The SMILES string of the molecule is CC(C)(C)C(=O)NC(=S)Nc1nc2c(Cl)cccc2s1. The number of benzene rings is 1. The van der Waals surface area contributed by atoms with Gasteiger partial charge >= 0.3 is 0 Å². The third-order valence-electron chi connectivity index (χ3n) is 2.50. The number of halogens is 1. The molecule has 0 saturated carbocycles. The zero-order valence-corrected chi connectivity index (χ0v) is 13.7. The van der Waals surface area contributed by atoms with Crippen LogP contribution in [-0.4, -0.2) is 16.0 Å². The molecule has 0 fully saturated rings. The van der Waals surface area contributed by atoms with E-state index < -0.39 is 5.41 Å². The number of rotatable bonds is 1. The van der Waals surface area contributed by atoms with Crippen LogP contribution < -0.4 is 10.6 Å². The van der Waals surface area contributed by atoms with Crippen molar-refractivity contribution in [3.63, 3.8) is 0 Å². The van der Waals surface area contributed by atoms with Gasteiger partial charge in [-0.3, -0.25) is 4.79 Å². The maximum Gasteiger partial charge on any atom is 0.231 e. The van der Waals surface area contributed by atoms with E-state index in [0.717, 1.165) is 10.2 Å². The first-order chi connectivity index (χ1) is 9.27. The average molecular weight is 328 g/mol. The Balaban J connectivity index is 2.11. The van der Waals surface area contributed by atoms with Crippen LogP contribution in [0.4, 0.5) is 5.13 Å². The van der Waals surface area contributed by atoms with E-state index in [1.54, 1.807) is 6.07 Å². The average Bonchev–Trinajstić information content (AvgIpc) is 2.71. The van der Waals surface area contributed by atoms with Crippen LogP contribution in [0.3, 0.4) is 0 Å². The second kappa shape index (κ2) is 5.63. The van der Waals surface area contributed by atoms with E-state index in [9.17, 15) is 4.79 Å². The molecule has 2 rings (SSSR count). The molecule has 0 aliphatic carbocycles. The monoisotopic (exact) mass is 327 g/mol. The van der Waals surface area contributed by atoms with Crippen molar-refractivity contribution in [3.05, 3.63) is 23.2 Å². The van der Waals surface area contributed by atoms with Crippen molar-refractivity contribution in [1.29, 1.82) is 0 Å². The summed E-state index contributed by atoms with van der Waals surface area (Å²) >= 11 is 12.6. The third-order valence-corrected chi connectivity index (χ3v) is 3.94. The van der Waals surface area contributed by atoms with Gasteiger partial charge in [0.1, 0.15) is 5.52 Å². The summed E-state index contributed by atoms with van der Waals surface area (Å²) in [7, 11) is 0. The van der Waals surface area contributed by atoms with Gasteiger partial charge in [-0.05, 0) is 24.4 Å². The number of carbonyl (C=O) groups is 1. The minimum atomic E-state index is -0.497. The number of aromatic nitrogens is 1. The molecular weight excluding hydrogens is 314 g/mol. The van der Waals surface area contributed by atoms with Crippen LogP contribution in [0.2, 0.25) is 5.02 Å². The molecule has 1 aromatic heterocycles. The lowest BCUT2D eigenvalue weighted by molar-refractivity contribution is -0.126. The lowest BCUT2D eigenvalue weighted by Gasteiger charge is -2.17. The van der Waals surface area contributed by atoms with Crippen molar-refractivity contribution in [2.45, 2.75) is 20.8 Å². The van der Waals surface area contributed by atoms with E-state index in [-0.39, 0.29) is 11.0 Å². The lowest BCUT2D eigenvalue weighted by atomic mass is 9.96. The highest BCUT2D eigenvalue weighted by Gasteiger charge is 2.22. The molecule has 0 saturated heterocycles. The van der Waals surface area contributed by atoms with Gasteiger partial charge in [-0.1, -0.05) is 49.8 Å². The first-order valence-corrected chi connectivity index (χ1v) is 7.55. The standard InChI is InChI=1S/C13H14ClN3OS2/c1-13(2,3)10(18)16-11(19)17-12-15-9-7(14)5-4-6-8(9)20-12/h4-6H,1-3H3,(H2,15,16,17,18,19). The number of para-hydroxylation sites is 1. The summed E-state index contributed by atoms with van der Waals surface area (Å²) < 4.78 is 0.963. The van der Waals surface area contributed by atoms with Crippen LogP contribution in [0, 0.1) is 5.41 Å². The highest BCUT2D eigenvalue weighted by molar-refractivity contribution is 7.80. The Morgan fingerprint density at radius 1 is 1.40 bits per heavy atom. The Morgan fingerprint density at radius 3 is 2.70 bits per heavy atom. The lowest BCUT2D eigenvalue weighted by Crippen LogP contribution is -2.41. The predicted molar refractivity (Wildman–Crippen MR) is 88.4 cm³/mol. The summed E-state index contributed by atoms with van der Waals surface area (Å²) in [6.07, 6.45) is 0. The number of fused-ring (bicyclic) bond motifs is 1. The molecule has 7 heteroatoms. The van der Waals surface area contributed by atoms with E-state index in [1.807, 2.05) is 32.9 Å². The highest BCUT2D eigenvalue weighted by atomic mass is 35.5. The van der Waals surface area contributed by atoms with Gasteiger partial charge in [0.15, 0.2) is 10.2 Å². The second-order valence-corrected chi connectivity index (χ2v) is 7.11. The van der Waals surface area contributed by atoms with Gasteiger partial charge in [-0.15, -0.1) is 0 Å². The van der Waals surface area contributed by atoms with Crippen LogP contribution in [-0.2, 0) is 4.79 Å². The van der Waals surface area contributed by atoms with Gasteiger partial charge in [0, 0.05) is 5.41 Å². The maximum atomic E-state index is 11.8. The molecule has 0 atom stereocenters. The molecule has 1 amide bonds. The van der Waals surface area contributed by atoms with E-state index in [0.29, 0.717) is 10.2 Å². The van der Waals surface area contributed by atoms with Crippen LogP contribution >= 0.6 is 35.2 Å². The highest BCUT2D eigenvalue weighted by Crippen LogP contribution is 2.30. The van der Waals surface area contributed by atoms with E-state index in [2.05, 4.69) is 15.6 Å². The van der Waals surface area contributed by atoms with Gasteiger partial charge in [0.25, 0.3) is 0 Å². The van der Waals surface area contributed by atoms with Crippen LogP contribution in [0.15, 0.2) is 18.2 Å². The molecule has 0 aliphatic rings. The Bertz CT molecular complexity index is 676. The van der Waals surface area contributed by atoms with Gasteiger partial charge in [-0.25, -0.2) is 4.98 Å². The molecule has 106 valence electrons. The Hall–Kier alpha value is -1.24. The van der Waals surface area contributed by atoms with Gasteiger partial charge in [0.2, 0.25) is 5.91 Å². The number of thiocarbonyl (C=S) groups is 1. The second-order valence-electron chi connectivity index (χ2n) is 5.26. The van der Waals surface area contributed by atoms with E-state index >= 15 is 0 Å². The fraction of sp³-hybridized carbons (Fsp3) is 0.308. The van der Waals surface area contributed by atoms with Crippen LogP contribution in [0.5, 0.6) is 0 Å². The number of anilines is 1. The number of carbonyl (C=O) groups excluding carboxylic acids is 1. The molecule has 0 aliphatic heterocycles. The summed E-state index contributed by atoms with van der Waals surface area (Å²) in [6, 6.07) is 5.58. The Morgan fingerprint density at radius 2 is 2.10 bits per heavy atom. The fourth-order valence-corrected chi connectivity index (χ4v) is 2.81. The number of hydrogen-bond acceptors (Lipinski definition) is 4. The van der Waals surface area contributed by atoms with Crippen molar-refractivity contribution in [3.8, 4) is 0 Å². The minimum Gasteiger partial charge on any atom is -0.308 e. The maximum absolute atomic E-state index is 11.8. The van der Waals surface area contributed by atoms with E-state index in [4.69, 9.17) is 23.8 Å². The zero-order chi connectivity index (χ0) is 14.9. The minimum absolute atomic E-state index is 0.144. The topological polar surface area (TPSA) is 54.0 Å². The summed E-state index contributed by atoms with van der Waals surface area (Å²) in [5, 5.41) is 6.99. The normalized spacial score (nSPS) is 11.4. The molecule has 0 spiro atoms. The number of nitrogens with zero attached hydrogens (tertiary/aromatic N) is 1. The van der Waals surface area contributed by atoms with Gasteiger partial charge < -0.3 is 10.6 Å². The zero-order valence-electron chi connectivity index (χ0n) is 11.3. The third kappa shape index (κ3) is 3.45. The Kier molecular flexibility index (Phi) is 4.27. The molecule has 0 unspecified atom stereocenters. The van der Waals surface area contributed by atoms with Crippen molar-refractivity contribution >= 4 is 61.5 Å². The largest absolute Gasteiger partial charge is 0.308 e. The first kappa shape index (κ1) is 15.2. The molecule has 1 aromatic carbocycles. The summed E-state index contributed by atoms with van der Waals surface area (Å²) in [5.74, 6) is -0.144. The predicted octanol–water partition coefficient (Wildman–Crippen LogP) is 3.81. The van der Waals surface area contributed by atoms with Gasteiger partial charge in [0.05, 0.1) is 9.72 Å². The molecular formula is C13H14ClN3OS2. The van der Waals surface area contributed by atoms with Crippen LogP contribution in [0.1, 0.15) is 20.8 Å². The van der Waals surface area contributed by atoms with Crippen LogP contribution in [0.25, 0.3) is 10.2 Å². The van der Waals surface area contributed by atoms with Crippen molar-refractivity contribution in [2.24, 2.45) is 5.41 Å². The number of thiazole rings is 1. The van der Waals surface area contributed by atoms with E-state index in [1.165, 1.54) is 11.3 Å². The molecule has 0 bridgehead atoms. The fourth-order valence-electron chi connectivity index (χ4n) is 1.39. The molecule has 20 heavy (non-hydrogen) atoms. The molecule has 2 N–H and O–H groups in total. The van der Waals surface area contributed by atoms with Crippen molar-refractivity contribution < 1.29 is 4.79 Å². The Labute approximate surface area is 131 Å².